The SMILES string of the molecule is CCN(CC)CCCC(C)NCc1ccc(OC)c(OCc2ccccc2)c1. The van der Waals surface area contributed by atoms with Gasteiger partial charge in [-0.1, -0.05) is 50.2 Å². The van der Waals surface area contributed by atoms with E-state index in [1.54, 1.807) is 7.11 Å². The highest BCUT2D eigenvalue weighted by Gasteiger charge is 2.08. The molecule has 0 radical (unpaired) electrons. The number of nitrogens with one attached hydrogen (secondary N) is 1. The van der Waals surface area contributed by atoms with Gasteiger partial charge in [-0.25, -0.2) is 0 Å². The van der Waals surface area contributed by atoms with Gasteiger partial charge in [0.15, 0.2) is 11.5 Å². The van der Waals surface area contributed by atoms with Gasteiger partial charge >= 0.3 is 0 Å². The van der Waals surface area contributed by atoms with Crippen LogP contribution >= 0.6 is 0 Å². The summed E-state index contributed by atoms with van der Waals surface area (Å²) in [6.07, 6.45) is 2.41. The van der Waals surface area contributed by atoms with Gasteiger partial charge in [0.25, 0.3) is 0 Å². The highest BCUT2D eigenvalue weighted by Crippen LogP contribution is 2.29. The molecule has 4 nitrogen and oxygen atoms in total. The van der Waals surface area contributed by atoms with E-state index in [0.717, 1.165) is 36.7 Å². The summed E-state index contributed by atoms with van der Waals surface area (Å²) in [5.41, 5.74) is 2.36. The zero-order valence-electron chi connectivity index (χ0n) is 17.9. The van der Waals surface area contributed by atoms with Gasteiger partial charge in [0.05, 0.1) is 7.11 Å². The average molecular weight is 385 g/mol. The van der Waals surface area contributed by atoms with Crippen LogP contribution in [0.1, 0.15) is 44.7 Å². The minimum atomic E-state index is 0.492. The molecule has 0 saturated carbocycles. The molecule has 2 aromatic carbocycles. The van der Waals surface area contributed by atoms with Gasteiger partial charge < -0.3 is 19.7 Å². The highest BCUT2D eigenvalue weighted by molar-refractivity contribution is 5.43. The van der Waals surface area contributed by atoms with Crippen molar-refractivity contribution in [2.24, 2.45) is 0 Å². The van der Waals surface area contributed by atoms with Crippen molar-refractivity contribution in [2.45, 2.75) is 52.8 Å². The van der Waals surface area contributed by atoms with Crippen LogP contribution in [0.4, 0.5) is 0 Å². The molecule has 0 fully saturated rings. The van der Waals surface area contributed by atoms with Crippen molar-refractivity contribution in [1.82, 2.24) is 10.2 Å². The number of methoxy groups -OCH3 is 1. The van der Waals surface area contributed by atoms with Crippen LogP contribution in [-0.4, -0.2) is 37.7 Å². The number of ether oxygens (including phenoxy) is 2. The number of benzene rings is 2. The van der Waals surface area contributed by atoms with Crippen molar-refractivity contribution in [2.75, 3.05) is 26.7 Å². The zero-order valence-corrected chi connectivity index (χ0v) is 17.9. The van der Waals surface area contributed by atoms with Gasteiger partial charge in [-0.3, -0.25) is 0 Å². The summed E-state index contributed by atoms with van der Waals surface area (Å²) >= 11 is 0. The summed E-state index contributed by atoms with van der Waals surface area (Å²) in [5.74, 6) is 1.56. The van der Waals surface area contributed by atoms with Crippen molar-refractivity contribution in [3.63, 3.8) is 0 Å². The van der Waals surface area contributed by atoms with E-state index in [1.807, 2.05) is 24.3 Å². The van der Waals surface area contributed by atoms with Crippen LogP contribution < -0.4 is 14.8 Å². The van der Waals surface area contributed by atoms with Crippen molar-refractivity contribution in [1.29, 1.82) is 0 Å². The van der Waals surface area contributed by atoms with E-state index in [1.165, 1.54) is 24.9 Å². The van der Waals surface area contributed by atoms with Crippen molar-refractivity contribution in [3.8, 4) is 11.5 Å². The molecule has 0 saturated heterocycles. The fourth-order valence-corrected chi connectivity index (χ4v) is 3.23. The Kier molecular flexibility index (Phi) is 9.87. The molecule has 0 bridgehead atoms. The fourth-order valence-electron chi connectivity index (χ4n) is 3.23. The maximum absolute atomic E-state index is 6.02. The van der Waals surface area contributed by atoms with Crippen LogP contribution in [0.5, 0.6) is 11.5 Å². The molecular weight excluding hydrogens is 348 g/mol. The Morgan fingerprint density at radius 2 is 1.71 bits per heavy atom. The van der Waals surface area contributed by atoms with E-state index < -0.39 is 0 Å². The Hall–Kier alpha value is -2.04. The summed E-state index contributed by atoms with van der Waals surface area (Å²) in [7, 11) is 1.68. The van der Waals surface area contributed by atoms with Crippen LogP contribution in [0.25, 0.3) is 0 Å². The molecule has 1 N–H and O–H groups in total. The summed E-state index contributed by atoms with van der Waals surface area (Å²) in [4.78, 5) is 2.48. The van der Waals surface area contributed by atoms with Gasteiger partial charge in [-0.15, -0.1) is 0 Å². The summed E-state index contributed by atoms with van der Waals surface area (Å²) in [6.45, 7) is 11.5. The van der Waals surface area contributed by atoms with Crippen molar-refractivity contribution < 1.29 is 9.47 Å². The third-order valence-electron chi connectivity index (χ3n) is 5.13. The molecule has 0 aliphatic heterocycles. The molecule has 4 heteroatoms. The zero-order chi connectivity index (χ0) is 20.2. The predicted octanol–water partition coefficient (Wildman–Crippen LogP) is 4.87. The first-order valence-corrected chi connectivity index (χ1v) is 10.5. The van der Waals surface area contributed by atoms with Crippen molar-refractivity contribution >= 4 is 0 Å². The Morgan fingerprint density at radius 3 is 2.39 bits per heavy atom. The molecule has 1 unspecified atom stereocenters. The maximum Gasteiger partial charge on any atom is 0.161 e. The molecular formula is C24H36N2O2. The fraction of sp³-hybridized carbons (Fsp3) is 0.500. The molecule has 154 valence electrons. The van der Waals surface area contributed by atoms with Crippen LogP contribution in [0.15, 0.2) is 48.5 Å². The minimum absolute atomic E-state index is 0.492. The summed E-state index contributed by atoms with van der Waals surface area (Å²) in [5, 5.41) is 3.63. The van der Waals surface area contributed by atoms with Gasteiger partial charge in [0.2, 0.25) is 0 Å². The lowest BCUT2D eigenvalue weighted by Crippen LogP contribution is -2.28. The van der Waals surface area contributed by atoms with Gasteiger partial charge in [-0.2, -0.15) is 0 Å². The third-order valence-corrected chi connectivity index (χ3v) is 5.13. The lowest BCUT2D eigenvalue weighted by molar-refractivity contribution is 0.284. The molecule has 0 spiro atoms. The number of hydrogen-bond donors (Lipinski definition) is 1. The first kappa shape index (κ1) is 22.3. The topological polar surface area (TPSA) is 33.7 Å². The molecule has 2 rings (SSSR count). The highest BCUT2D eigenvalue weighted by atomic mass is 16.5. The molecule has 0 aliphatic rings. The Balaban J connectivity index is 1.84. The lowest BCUT2D eigenvalue weighted by atomic mass is 10.1. The normalized spacial score (nSPS) is 12.2. The first-order chi connectivity index (χ1) is 13.7. The summed E-state index contributed by atoms with van der Waals surface area (Å²) in [6, 6.07) is 16.9. The largest absolute Gasteiger partial charge is 0.493 e. The van der Waals surface area contributed by atoms with Crippen LogP contribution in [0.3, 0.4) is 0 Å². The van der Waals surface area contributed by atoms with Gasteiger partial charge in [-0.05, 0) is 62.7 Å². The van der Waals surface area contributed by atoms with E-state index in [4.69, 9.17) is 9.47 Å². The molecule has 1 atom stereocenters. The number of rotatable bonds is 13. The smallest absolute Gasteiger partial charge is 0.161 e. The Bertz CT molecular complexity index is 672. The monoisotopic (exact) mass is 384 g/mol. The molecule has 0 heterocycles. The lowest BCUT2D eigenvalue weighted by Gasteiger charge is -2.20. The summed E-state index contributed by atoms with van der Waals surface area (Å²) < 4.78 is 11.5. The van der Waals surface area contributed by atoms with Crippen LogP contribution in [0, 0.1) is 0 Å². The Morgan fingerprint density at radius 1 is 0.964 bits per heavy atom. The first-order valence-electron chi connectivity index (χ1n) is 10.5. The second-order valence-electron chi connectivity index (χ2n) is 7.21. The van der Waals surface area contributed by atoms with Crippen LogP contribution in [-0.2, 0) is 13.2 Å². The molecule has 0 aromatic heterocycles. The second-order valence-corrected chi connectivity index (χ2v) is 7.21. The molecule has 28 heavy (non-hydrogen) atoms. The average Bonchev–Trinajstić information content (AvgIpc) is 2.74. The standard InChI is InChI=1S/C24H36N2O2/c1-5-26(6-2)16-10-11-20(3)25-18-22-14-15-23(27-4)24(17-22)28-19-21-12-8-7-9-13-21/h7-9,12-15,17,20,25H,5-6,10-11,16,18-19H2,1-4H3. The molecule has 0 aliphatic carbocycles. The van der Waals surface area contributed by atoms with E-state index in [-0.39, 0.29) is 0 Å². The maximum atomic E-state index is 6.02. The minimum Gasteiger partial charge on any atom is -0.493 e. The third kappa shape index (κ3) is 7.53. The van der Waals surface area contributed by atoms with Gasteiger partial charge in [0, 0.05) is 12.6 Å². The van der Waals surface area contributed by atoms with Crippen LogP contribution in [0.2, 0.25) is 0 Å². The van der Waals surface area contributed by atoms with E-state index in [9.17, 15) is 0 Å². The molecule has 0 amide bonds. The Labute approximate surface area is 170 Å². The number of hydrogen-bond acceptors (Lipinski definition) is 4. The van der Waals surface area contributed by atoms with E-state index in [0.29, 0.717) is 12.6 Å². The van der Waals surface area contributed by atoms with E-state index >= 15 is 0 Å². The predicted molar refractivity (Wildman–Crippen MR) is 117 cm³/mol. The van der Waals surface area contributed by atoms with Gasteiger partial charge in [0.1, 0.15) is 6.61 Å². The van der Waals surface area contributed by atoms with E-state index in [2.05, 4.69) is 55.3 Å². The quantitative estimate of drug-likeness (QED) is 0.534. The second kappa shape index (κ2) is 12.4. The number of nitrogens with zero attached hydrogens (tertiary/aromatic N) is 1. The molecule has 2 aromatic rings. The van der Waals surface area contributed by atoms with Crippen molar-refractivity contribution in [3.05, 3.63) is 59.7 Å².